The number of carbonyl (C=O) groups is 2. The lowest BCUT2D eigenvalue weighted by atomic mass is 10.0. The van der Waals surface area contributed by atoms with Crippen molar-refractivity contribution in [2.75, 3.05) is 26.2 Å². The van der Waals surface area contributed by atoms with Crippen molar-refractivity contribution < 1.29 is 27.2 Å². The first-order valence-electron chi connectivity index (χ1n) is 8.89. The van der Waals surface area contributed by atoms with Crippen LogP contribution in [-0.2, 0) is 17.4 Å². The van der Waals surface area contributed by atoms with Gasteiger partial charge in [0, 0.05) is 37.5 Å². The first-order valence-corrected chi connectivity index (χ1v) is 9.77. The Bertz CT molecular complexity index is 878. The zero-order valence-corrected chi connectivity index (χ0v) is 16.1. The van der Waals surface area contributed by atoms with Crippen molar-refractivity contribution >= 4 is 23.2 Å². The Kier molecular flexibility index (Phi) is 6.23. The van der Waals surface area contributed by atoms with E-state index >= 15 is 0 Å². The molecule has 0 aliphatic carbocycles. The number of nitrogens with zero attached hydrogens (tertiary/aromatic N) is 2. The number of benzene rings is 1. The molecule has 2 heterocycles. The molecule has 0 bridgehead atoms. The number of amides is 2. The van der Waals surface area contributed by atoms with Crippen LogP contribution < -0.4 is 5.73 Å². The van der Waals surface area contributed by atoms with Gasteiger partial charge in [-0.15, -0.1) is 11.3 Å². The lowest BCUT2D eigenvalue weighted by molar-refractivity contribution is -0.138. The van der Waals surface area contributed by atoms with Gasteiger partial charge < -0.3 is 15.5 Å². The van der Waals surface area contributed by atoms with Gasteiger partial charge in [-0.1, -0.05) is 6.07 Å². The van der Waals surface area contributed by atoms with Crippen LogP contribution >= 0.6 is 11.3 Å². The molecule has 1 aromatic heterocycles. The summed E-state index contributed by atoms with van der Waals surface area (Å²) in [5.41, 5.74) is 4.07. The monoisotopic (exact) mass is 429 g/mol. The molecule has 10 heteroatoms. The van der Waals surface area contributed by atoms with Crippen LogP contribution in [0, 0.1) is 5.82 Å². The number of nitrogens with two attached hydrogens (primary N) is 1. The Balaban J connectivity index is 1.64. The second-order valence-corrected chi connectivity index (χ2v) is 7.73. The Morgan fingerprint density at radius 2 is 1.76 bits per heavy atom. The van der Waals surface area contributed by atoms with Crippen LogP contribution in [-0.4, -0.2) is 53.8 Å². The van der Waals surface area contributed by atoms with Gasteiger partial charge in [-0.05, 0) is 29.6 Å². The second kappa shape index (κ2) is 8.50. The zero-order chi connectivity index (χ0) is 21.2. The fourth-order valence-corrected chi connectivity index (χ4v) is 3.97. The summed E-state index contributed by atoms with van der Waals surface area (Å²) in [6, 6.07) is 4.85. The molecule has 1 aliphatic rings. The molecule has 0 radical (unpaired) electrons. The molecular weight excluding hydrogens is 410 g/mol. The number of thiophene rings is 1. The summed E-state index contributed by atoms with van der Waals surface area (Å²) < 4.78 is 53.0. The lowest BCUT2D eigenvalue weighted by Gasteiger charge is -2.36. The summed E-state index contributed by atoms with van der Waals surface area (Å²) in [4.78, 5) is 28.7. The Labute approximate surface area is 168 Å². The minimum absolute atomic E-state index is 0.0457. The van der Waals surface area contributed by atoms with Gasteiger partial charge in [-0.2, -0.15) is 13.2 Å². The van der Waals surface area contributed by atoms with Gasteiger partial charge in [0.2, 0.25) is 5.91 Å². The van der Waals surface area contributed by atoms with Crippen molar-refractivity contribution in [2.24, 2.45) is 5.73 Å². The van der Waals surface area contributed by atoms with Crippen LogP contribution in [0.15, 0.2) is 35.7 Å². The number of hydrogen-bond donors (Lipinski definition) is 1. The predicted molar refractivity (Wildman–Crippen MR) is 99.9 cm³/mol. The van der Waals surface area contributed by atoms with E-state index in [1.807, 2.05) is 17.5 Å². The molecule has 1 atom stereocenters. The van der Waals surface area contributed by atoms with E-state index in [1.165, 1.54) is 21.1 Å². The van der Waals surface area contributed by atoms with Gasteiger partial charge >= 0.3 is 6.18 Å². The summed E-state index contributed by atoms with van der Waals surface area (Å²) in [5, 5.41) is 1.89. The Morgan fingerprint density at radius 3 is 2.34 bits per heavy atom. The third kappa shape index (κ3) is 4.94. The number of alkyl halides is 3. The van der Waals surface area contributed by atoms with E-state index < -0.39 is 35.1 Å². The average Bonchev–Trinajstić information content (AvgIpc) is 3.19. The van der Waals surface area contributed by atoms with Gasteiger partial charge in [0.15, 0.2) is 0 Å². The van der Waals surface area contributed by atoms with Crippen LogP contribution in [0.2, 0.25) is 0 Å². The van der Waals surface area contributed by atoms with E-state index in [9.17, 15) is 27.2 Å². The Morgan fingerprint density at radius 1 is 1.10 bits per heavy atom. The molecule has 5 nitrogen and oxygen atoms in total. The first-order chi connectivity index (χ1) is 13.7. The van der Waals surface area contributed by atoms with Crippen LogP contribution in [0.5, 0.6) is 0 Å². The van der Waals surface area contributed by atoms with Gasteiger partial charge in [-0.3, -0.25) is 9.59 Å². The van der Waals surface area contributed by atoms with Crippen LogP contribution in [0.1, 0.15) is 20.8 Å². The summed E-state index contributed by atoms with van der Waals surface area (Å²) >= 11 is 1.50. The van der Waals surface area contributed by atoms with Crippen molar-refractivity contribution in [3.05, 3.63) is 57.5 Å². The normalized spacial score (nSPS) is 16.0. The standard InChI is InChI=1S/C19H19F4N3O2S/c20-12-3-4-15(19(21,22)23)14(10-12)17(27)25-5-7-26(8-6-25)18(28)16(24)11-13-2-1-9-29-13/h1-4,9-10,16H,5-8,11,24H2. The maximum atomic E-state index is 13.5. The van der Waals surface area contributed by atoms with E-state index in [2.05, 4.69) is 0 Å². The maximum absolute atomic E-state index is 13.5. The summed E-state index contributed by atoms with van der Waals surface area (Å²) in [6.45, 7) is 0.396. The predicted octanol–water partition coefficient (Wildman–Crippen LogP) is 2.76. The third-order valence-corrected chi connectivity index (χ3v) is 5.61. The quantitative estimate of drug-likeness (QED) is 0.761. The van der Waals surface area contributed by atoms with Crippen molar-refractivity contribution in [3.8, 4) is 0 Å². The van der Waals surface area contributed by atoms with E-state index in [-0.39, 0.29) is 32.1 Å². The number of hydrogen-bond acceptors (Lipinski definition) is 4. The van der Waals surface area contributed by atoms with Crippen molar-refractivity contribution in [2.45, 2.75) is 18.6 Å². The third-order valence-electron chi connectivity index (χ3n) is 4.71. The highest BCUT2D eigenvalue weighted by Crippen LogP contribution is 2.33. The van der Waals surface area contributed by atoms with Gasteiger partial charge in [0.25, 0.3) is 5.91 Å². The zero-order valence-electron chi connectivity index (χ0n) is 15.3. The van der Waals surface area contributed by atoms with Crippen LogP contribution in [0.25, 0.3) is 0 Å². The van der Waals surface area contributed by atoms with Gasteiger partial charge in [-0.25, -0.2) is 4.39 Å². The fraction of sp³-hybridized carbons (Fsp3) is 0.368. The molecular formula is C19H19F4N3O2S. The minimum atomic E-state index is -4.77. The molecule has 29 heavy (non-hydrogen) atoms. The van der Waals surface area contributed by atoms with E-state index in [1.54, 1.807) is 0 Å². The molecule has 2 N–H and O–H groups in total. The molecule has 1 fully saturated rings. The van der Waals surface area contributed by atoms with E-state index in [4.69, 9.17) is 5.73 Å². The van der Waals surface area contributed by atoms with E-state index in [0.29, 0.717) is 24.6 Å². The summed E-state index contributed by atoms with van der Waals surface area (Å²) in [6.07, 6.45) is -4.38. The number of piperazine rings is 1. The average molecular weight is 429 g/mol. The summed E-state index contributed by atoms with van der Waals surface area (Å²) in [7, 11) is 0. The smallest absolute Gasteiger partial charge is 0.338 e. The van der Waals surface area contributed by atoms with Crippen LogP contribution in [0.4, 0.5) is 17.6 Å². The molecule has 3 rings (SSSR count). The molecule has 0 saturated carbocycles. The highest BCUT2D eigenvalue weighted by atomic mass is 32.1. The maximum Gasteiger partial charge on any atom is 0.417 e. The highest BCUT2D eigenvalue weighted by Gasteiger charge is 2.37. The molecule has 1 aromatic carbocycles. The topological polar surface area (TPSA) is 66.6 Å². The van der Waals surface area contributed by atoms with Gasteiger partial charge in [0.05, 0.1) is 17.2 Å². The molecule has 0 spiro atoms. The SMILES string of the molecule is NC(Cc1cccs1)C(=O)N1CCN(C(=O)c2cc(F)ccc2C(F)(F)F)CC1. The molecule has 2 amide bonds. The molecule has 1 saturated heterocycles. The number of rotatable bonds is 4. The summed E-state index contributed by atoms with van der Waals surface area (Å²) in [5.74, 6) is -2.10. The number of carbonyl (C=O) groups excluding carboxylic acids is 2. The number of halogens is 4. The Hall–Kier alpha value is -2.46. The lowest BCUT2D eigenvalue weighted by Crippen LogP contribution is -2.54. The molecule has 1 unspecified atom stereocenters. The van der Waals surface area contributed by atoms with E-state index in [0.717, 1.165) is 4.88 Å². The minimum Gasteiger partial charge on any atom is -0.338 e. The first kappa shape index (κ1) is 21.3. The second-order valence-electron chi connectivity index (χ2n) is 6.70. The van der Waals surface area contributed by atoms with Crippen molar-refractivity contribution in [3.63, 3.8) is 0 Å². The molecule has 1 aliphatic heterocycles. The molecule has 156 valence electrons. The van der Waals surface area contributed by atoms with Crippen molar-refractivity contribution in [1.29, 1.82) is 0 Å². The van der Waals surface area contributed by atoms with Crippen LogP contribution in [0.3, 0.4) is 0 Å². The van der Waals surface area contributed by atoms with Crippen molar-refractivity contribution in [1.82, 2.24) is 9.80 Å². The fourth-order valence-electron chi connectivity index (χ4n) is 3.21. The van der Waals surface area contributed by atoms with Gasteiger partial charge in [0.1, 0.15) is 5.82 Å². The largest absolute Gasteiger partial charge is 0.417 e. The molecule has 2 aromatic rings. The highest BCUT2D eigenvalue weighted by molar-refractivity contribution is 7.09.